The van der Waals surface area contributed by atoms with Crippen molar-refractivity contribution in [3.63, 3.8) is 0 Å². The second-order valence-electron chi connectivity index (χ2n) is 6.97. The Morgan fingerprint density at radius 3 is 2.71 bits per heavy atom. The number of likely N-dealkylation sites (tertiary alicyclic amines) is 1. The number of benzene rings is 1. The fourth-order valence-electron chi connectivity index (χ4n) is 4.25. The van der Waals surface area contributed by atoms with Crippen molar-refractivity contribution in [1.29, 1.82) is 0 Å². The van der Waals surface area contributed by atoms with Crippen LogP contribution in [0.15, 0.2) is 29.1 Å². The van der Waals surface area contributed by atoms with Crippen molar-refractivity contribution in [1.82, 2.24) is 14.5 Å². The zero-order valence-electron chi connectivity index (χ0n) is 14.4. The van der Waals surface area contributed by atoms with Gasteiger partial charge in [0.15, 0.2) is 5.82 Å². The molecule has 0 amide bonds. The Morgan fingerprint density at radius 1 is 1.12 bits per heavy atom. The number of aromatic nitrogens is 2. The van der Waals surface area contributed by atoms with E-state index in [9.17, 15) is 4.79 Å². The van der Waals surface area contributed by atoms with Crippen LogP contribution in [0.2, 0.25) is 0 Å². The Bertz CT molecular complexity index is 779. The highest BCUT2D eigenvalue weighted by Gasteiger charge is 2.30. The van der Waals surface area contributed by atoms with E-state index in [1.165, 1.54) is 25.9 Å². The summed E-state index contributed by atoms with van der Waals surface area (Å²) < 4.78 is 1.86. The Hall–Kier alpha value is -1.88. The molecule has 2 fully saturated rings. The van der Waals surface area contributed by atoms with E-state index >= 15 is 0 Å². The van der Waals surface area contributed by atoms with E-state index in [1.807, 2.05) is 35.8 Å². The fourth-order valence-corrected chi connectivity index (χ4v) is 4.25. The molecule has 0 unspecified atom stereocenters. The first kappa shape index (κ1) is 15.6. The topological polar surface area (TPSA) is 41.4 Å². The van der Waals surface area contributed by atoms with Crippen LogP contribution in [0.5, 0.6) is 0 Å². The first-order valence-electron chi connectivity index (χ1n) is 9.26. The summed E-state index contributed by atoms with van der Waals surface area (Å²) in [5.41, 5.74) is 1.91. The van der Waals surface area contributed by atoms with Gasteiger partial charge in [0.1, 0.15) is 0 Å². The zero-order chi connectivity index (χ0) is 16.5. The highest BCUT2D eigenvalue weighted by atomic mass is 16.1. The molecule has 2 aliphatic rings. The van der Waals surface area contributed by atoms with Gasteiger partial charge in [-0.2, -0.15) is 0 Å². The van der Waals surface area contributed by atoms with E-state index in [1.54, 1.807) is 0 Å². The average Bonchev–Trinajstić information content (AvgIpc) is 3.27. The Labute approximate surface area is 142 Å². The van der Waals surface area contributed by atoms with Crippen LogP contribution >= 0.6 is 0 Å². The van der Waals surface area contributed by atoms with E-state index in [2.05, 4.69) is 9.80 Å². The van der Waals surface area contributed by atoms with Crippen molar-refractivity contribution in [3.05, 3.63) is 34.6 Å². The third-order valence-electron chi connectivity index (χ3n) is 5.47. The molecule has 24 heavy (non-hydrogen) atoms. The lowest BCUT2D eigenvalue weighted by molar-refractivity contribution is 0.313. The van der Waals surface area contributed by atoms with E-state index in [4.69, 9.17) is 4.98 Å². The quantitative estimate of drug-likeness (QED) is 0.865. The Balaban J connectivity index is 1.72. The molecular weight excluding hydrogens is 300 g/mol. The summed E-state index contributed by atoms with van der Waals surface area (Å²) in [6.45, 7) is 7.13. The molecule has 0 aliphatic carbocycles. The molecule has 2 aromatic rings. The largest absolute Gasteiger partial charge is 0.348 e. The lowest BCUT2D eigenvalue weighted by Gasteiger charge is -2.29. The second-order valence-corrected chi connectivity index (χ2v) is 6.97. The molecular formula is C19H26N4O. The fraction of sp³-hybridized carbons (Fsp3) is 0.579. The molecule has 4 rings (SSSR count). The molecule has 2 saturated heterocycles. The number of hydrogen-bond acceptors (Lipinski definition) is 4. The minimum absolute atomic E-state index is 0.0597. The maximum Gasteiger partial charge on any atom is 0.294 e. The van der Waals surface area contributed by atoms with Crippen molar-refractivity contribution in [2.75, 3.05) is 31.1 Å². The van der Waals surface area contributed by atoms with Gasteiger partial charge < -0.3 is 14.4 Å². The third-order valence-corrected chi connectivity index (χ3v) is 5.47. The summed E-state index contributed by atoms with van der Waals surface area (Å²) in [6.07, 6.45) is 4.93. The highest BCUT2D eigenvalue weighted by Crippen LogP contribution is 2.25. The molecule has 3 heterocycles. The maximum absolute atomic E-state index is 13.0. The van der Waals surface area contributed by atoms with Crippen molar-refractivity contribution in [2.24, 2.45) is 0 Å². The van der Waals surface area contributed by atoms with Crippen molar-refractivity contribution < 1.29 is 0 Å². The molecule has 0 saturated carbocycles. The summed E-state index contributed by atoms with van der Waals surface area (Å²) in [5, 5.41) is 0. The molecule has 5 heteroatoms. The summed E-state index contributed by atoms with van der Waals surface area (Å²) in [6, 6.07) is 8.39. The van der Waals surface area contributed by atoms with Crippen LogP contribution in [-0.2, 0) is 6.54 Å². The number of nitrogens with zero attached hydrogens (tertiary/aromatic N) is 4. The van der Waals surface area contributed by atoms with Gasteiger partial charge in [0, 0.05) is 25.7 Å². The van der Waals surface area contributed by atoms with E-state index in [0.29, 0.717) is 18.4 Å². The lowest BCUT2D eigenvalue weighted by atomic mass is 10.2. The Morgan fingerprint density at radius 2 is 1.92 bits per heavy atom. The van der Waals surface area contributed by atoms with Crippen LogP contribution in [-0.4, -0.2) is 46.7 Å². The molecule has 0 N–H and O–H groups in total. The van der Waals surface area contributed by atoms with Gasteiger partial charge in [-0.1, -0.05) is 12.1 Å². The van der Waals surface area contributed by atoms with Gasteiger partial charge >= 0.3 is 0 Å². The summed E-state index contributed by atoms with van der Waals surface area (Å²) in [7, 11) is 0. The smallest absolute Gasteiger partial charge is 0.294 e. The minimum atomic E-state index is 0.0597. The van der Waals surface area contributed by atoms with Crippen molar-refractivity contribution in [2.45, 2.75) is 45.2 Å². The third kappa shape index (κ3) is 2.71. The molecule has 128 valence electrons. The number of anilines is 1. The SMILES string of the molecule is CCn1c(=O)c(N2CCC[C@H]2CN2CCCC2)nc2ccccc21. The number of fused-ring (bicyclic) bond motifs is 1. The van der Waals surface area contributed by atoms with Gasteiger partial charge in [-0.15, -0.1) is 0 Å². The van der Waals surface area contributed by atoms with Crippen LogP contribution in [0, 0.1) is 0 Å². The molecule has 0 bridgehead atoms. The Kier molecular flexibility index (Phi) is 4.27. The number of aryl methyl sites for hydroxylation is 1. The average molecular weight is 326 g/mol. The molecule has 0 spiro atoms. The van der Waals surface area contributed by atoms with E-state index < -0.39 is 0 Å². The predicted molar refractivity (Wildman–Crippen MR) is 97.7 cm³/mol. The molecule has 1 atom stereocenters. The van der Waals surface area contributed by atoms with Crippen LogP contribution in [0.25, 0.3) is 11.0 Å². The minimum Gasteiger partial charge on any atom is -0.348 e. The van der Waals surface area contributed by atoms with Gasteiger partial charge in [-0.3, -0.25) is 4.79 Å². The predicted octanol–water partition coefficient (Wildman–Crippen LogP) is 2.48. The van der Waals surface area contributed by atoms with Crippen LogP contribution in [0.1, 0.15) is 32.6 Å². The van der Waals surface area contributed by atoms with Crippen LogP contribution in [0.4, 0.5) is 5.82 Å². The number of hydrogen-bond donors (Lipinski definition) is 0. The van der Waals surface area contributed by atoms with Gasteiger partial charge in [0.25, 0.3) is 5.56 Å². The van der Waals surface area contributed by atoms with Gasteiger partial charge in [0.2, 0.25) is 0 Å². The first-order valence-corrected chi connectivity index (χ1v) is 9.26. The normalized spacial score (nSPS) is 21.9. The van der Waals surface area contributed by atoms with Gasteiger partial charge in [0.05, 0.1) is 11.0 Å². The molecule has 1 aromatic carbocycles. The van der Waals surface area contributed by atoms with Crippen LogP contribution < -0.4 is 10.5 Å². The molecule has 0 radical (unpaired) electrons. The molecule has 5 nitrogen and oxygen atoms in total. The van der Waals surface area contributed by atoms with Gasteiger partial charge in [-0.05, 0) is 57.8 Å². The summed E-state index contributed by atoms with van der Waals surface area (Å²) in [4.78, 5) is 22.6. The molecule has 1 aromatic heterocycles. The second kappa shape index (κ2) is 6.55. The highest BCUT2D eigenvalue weighted by molar-refractivity contribution is 5.76. The van der Waals surface area contributed by atoms with E-state index in [-0.39, 0.29) is 5.56 Å². The van der Waals surface area contributed by atoms with Crippen molar-refractivity contribution in [3.8, 4) is 0 Å². The number of rotatable bonds is 4. The van der Waals surface area contributed by atoms with Crippen molar-refractivity contribution >= 4 is 16.9 Å². The summed E-state index contributed by atoms with van der Waals surface area (Å²) >= 11 is 0. The first-order chi connectivity index (χ1) is 11.8. The summed E-state index contributed by atoms with van der Waals surface area (Å²) in [5.74, 6) is 0.650. The maximum atomic E-state index is 13.0. The monoisotopic (exact) mass is 326 g/mol. The molecule has 2 aliphatic heterocycles. The van der Waals surface area contributed by atoms with E-state index in [0.717, 1.165) is 37.0 Å². The number of para-hydroxylation sites is 2. The lowest BCUT2D eigenvalue weighted by Crippen LogP contribution is -2.43. The standard InChI is InChI=1S/C19H26N4O/c1-2-22-17-10-4-3-9-16(17)20-18(19(22)24)23-13-7-8-15(23)14-21-11-5-6-12-21/h3-4,9-10,15H,2,5-8,11-14H2,1H3/t15-/m0/s1. The van der Waals surface area contributed by atoms with Gasteiger partial charge in [-0.25, -0.2) is 4.98 Å². The van der Waals surface area contributed by atoms with Crippen LogP contribution in [0.3, 0.4) is 0 Å². The zero-order valence-corrected chi connectivity index (χ0v) is 14.4.